The van der Waals surface area contributed by atoms with Gasteiger partial charge in [0.15, 0.2) is 18.1 Å². The van der Waals surface area contributed by atoms with Crippen LogP contribution in [-0.2, 0) is 11.3 Å². The van der Waals surface area contributed by atoms with E-state index in [0.29, 0.717) is 10.6 Å². The third-order valence-electron chi connectivity index (χ3n) is 2.80. The number of benzene rings is 1. The Morgan fingerprint density at radius 2 is 1.90 bits per heavy atom. The van der Waals surface area contributed by atoms with E-state index in [9.17, 15) is 9.90 Å². The second-order valence-corrected chi connectivity index (χ2v) is 5.07. The number of phenols is 1. The van der Waals surface area contributed by atoms with Gasteiger partial charge in [-0.2, -0.15) is 4.57 Å². The maximum Gasteiger partial charge on any atom is 0.290 e. The first kappa shape index (κ1) is 17.6. The van der Waals surface area contributed by atoms with Crippen molar-refractivity contribution in [3.63, 3.8) is 0 Å². The lowest BCUT2D eigenvalue weighted by Crippen LogP contribution is -3.00. The number of anilines is 1. The van der Waals surface area contributed by atoms with E-state index in [0.717, 1.165) is 0 Å². The Bertz CT molecular complexity index is 648. The van der Waals surface area contributed by atoms with Crippen molar-refractivity contribution in [2.45, 2.75) is 13.5 Å². The number of carbonyl (C=O) groups is 1. The summed E-state index contributed by atoms with van der Waals surface area (Å²) >= 11 is 11.9. The molecule has 0 bridgehead atoms. The Labute approximate surface area is 138 Å². The molecule has 2 N–H and O–H groups in total. The van der Waals surface area contributed by atoms with Gasteiger partial charge in [-0.3, -0.25) is 4.79 Å². The fourth-order valence-corrected chi connectivity index (χ4v) is 2.15. The molecule has 0 unspecified atom stereocenters. The molecular weight excluding hydrogens is 335 g/mol. The first-order valence-corrected chi connectivity index (χ1v) is 6.66. The molecule has 0 saturated carbocycles. The Morgan fingerprint density at radius 1 is 1.29 bits per heavy atom. The zero-order valence-electron chi connectivity index (χ0n) is 11.1. The summed E-state index contributed by atoms with van der Waals surface area (Å²) in [5, 5.41) is 13.0. The highest BCUT2D eigenvalue weighted by atomic mass is 35.5. The van der Waals surface area contributed by atoms with Gasteiger partial charge in [-0.15, -0.1) is 0 Å². The van der Waals surface area contributed by atoms with Gasteiger partial charge in [0.2, 0.25) is 6.54 Å². The van der Waals surface area contributed by atoms with Crippen molar-refractivity contribution in [1.82, 2.24) is 0 Å². The first-order valence-electron chi connectivity index (χ1n) is 5.90. The minimum absolute atomic E-state index is 0. The van der Waals surface area contributed by atoms with Crippen molar-refractivity contribution in [3.05, 3.63) is 52.3 Å². The molecule has 1 amide bonds. The second-order valence-electron chi connectivity index (χ2n) is 4.29. The van der Waals surface area contributed by atoms with Crippen LogP contribution < -0.4 is 22.3 Å². The minimum Gasteiger partial charge on any atom is -1.00 e. The van der Waals surface area contributed by atoms with Crippen LogP contribution in [0, 0.1) is 6.92 Å². The number of rotatable bonds is 3. The third-order valence-corrected chi connectivity index (χ3v) is 3.65. The standard InChI is InChI=1S/C14H12Cl2N2O2.ClH/c1-9-10(15)7-11(14(20)13(9)16)17-12(19)8-18-5-3-2-4-6-18;/h2-7H,8H2,1H3,(H-,17,19,20);1H. The predicted molar refractivity (Wildman–Crippen MR) is 78.1 cm³/mol. The number of carbonyl (C=O) groups excluding carboxylic acids is 1. The van der Waals surface area contributed by atoms with Crippen LogP contribution in [0.4, 0.5) is 5.69 Å². The Kier molecular flexibility index (Phi) is 6.27. The highest BCUT2D eigenvalue weighted by Gasteiger charge is 2.16. The van der Waals surface area contributed by atoms with Gasteiger partial charge in [-0.25, -0.2) is 0 Å². The molecule has 112 valence electrons. The Hall–Kier alpha value is -1.49. The number of halogens is 3. The molecule has 0 aliphatic carbocycles. The molecule has 0 spiro atoms. The van der Waals surface area contributed by atoms with E-state index in [-0.39, 0.29) is 41.3 Å². The summed E-state index contributed by atoms with van der Waals surface area (Å²) < 4.78 is 1.71. The van der Waals surface area contributed by atoms with Crippen LogP contribution in [0.25, 0.3) is 0 Å². The highest BCUT2D eigenvalue weighted by Crippen LogP contribution is 2.38. The summed E-state index contributed by atoms with van der Waals surface area (Å²) in [5.41, 5.74) is 0.772. The number of hydrogen-bond donors (Lipinski definition) is 2. The van der Waals surface area contributed by atoms with E-state index >= 15 is 0 Å². The molecule has 0 aliphatic rings. The van der Waals surface area contributed by atoms with Gasteiger partial charge in [-0.05, 0) is 18.6 Å². The Morgan fingerprint density at radius 3 is 2.52 bits per heavy atom. The number of nitrogens with zero attached hydrogens (tertiary/aromatic N) is 1. The molecule has 2 aromatic rings. The lowest BCUT2D eigenvalue weighted by Gasteiger charge is -2.10. The molecule has 0 fully saturated rings. The van der Waals surface area contributed by atoms with Crippen molar-refractivity contribution in [3.8, 4) is 5.75 Å². The monoisotopic (exact) mass is 346 g/mol. The van der Waals surface area contributed by atoms with Crippen LogP contribution in [0.2, 0.25) is 10.0 Å². The molecule has 0 radical (unpaired) electrons. The predicted octanol–water partition coefficient (Wildman–Crippen LogP) is -0.0624. The normalized spacial score (nSPS) is 9.86. The largest absolute Gasteiger partial charge is 1.00 e. The highest BCUT2D eigenvalue weighted by molar-refractivity contribution is 6.37. The maximum absolute atomic E-state index is 11.9. The number of pyridine rings is 1. The molecule has 0 saturated heterocycles. The van der Waals surface area contributed by atoms with E-state index in [2.05, 4.69) is 5.32 Å². The number of nitrogens with one attached hydrogen (secondary N) is 1. The lowest BCUT2D eigenvalue weighted by molar-refractivity contribution is -0.684. The van der Waals surface area contributed by atoms with Crippen LogP contribution in [0.15, 0.2) is 36.7 Å². The number of aromatic nitrogens is 1. The molecule has 0 aliphatic heterocycles. The SMILES string of the molecule is Cc1c(Cl)cc(NC(=O)C[n+]2ccccc2)c(O)c1Cl.[Cl-]. The Balaban J connectivity index is 0.00000220. The number of hydrogen-bond acceptors (Lipinski definition) is 2. The van der Waals surface area contributed by atoms with Gasteiger partial charge in [0.25, 0.3) is 5.91 Å². The molecule has 1 aromatic heterocycles. The average molecular weight is 348 g/mol. The van der Waals surface area contributed by atoms with E-state index < -0.39 is 0 Å². The van der Waals surface area contributed by atoms with E-state index in [1.54, 1.807) is 23.9 Å². The van der Waals surface area contributed by atoms with Gasteiger partial charge in [0.1, 0.15) is 0 Å². The van der Waals surface area contributed by atoms with Gasteiger partial charge in [-0.1, -0.05) is 29.3 Å². The van der Waals surface area contributed by atoms with Crippen molar-refractivity contribution in [2.24, 2.45) is 0 Å². The van der Waals surface area contributed by atoms with Crippen molar-refractivity contribution >= 4 is 34.8 Å². The van der Waals surface area contributed by atoms with Crippen molar-refractivity contribution < 1.29 is 26.9 Å². The van der Waals surface area contributed by atoms with Gasteiger partial charge in [0, 0.05) is 17.2 Å². The van der Waals surface area contributed by atoms with E-state index in [4.69, 9.17) is 23.2 Å². The van der Waals surface area contributed by atoms with E-state index in [1.807, 2.05) is 18.2 Å². The summed E-state index contributed by atoms with van der Waals surface area (Å²) in [4.78, 5) is 11.9. The van der Waals surface area contributed by atoms with Crippen LogP contribution in [0.3, 0.4) is 0 Å². The van der Waals surface area contributed by atoms with Crippen LogP contribution in [-0.4, -0.2) is 11.0 Å². The fraction of sp³-hybridized carbons (Fsp3) is 0.143. The molecule has 1 aromatic carbocycles. The molecule has 4 nitrogen and oxygen atoms in total. The fourth-order valence-electron chi connectivity index (χ4n) is 1.69. The molecular formula is C14H13Cl3N2O2. The summed E-state index contributed by atoms with van der Waals surface area (Å²) in [7, 11) is 0. The molecule has 1 heterocycles. The quantitative estimate of drug-likeness (QED) is 0.604. The zero-order chi connectivity index (χ0) is 14.7. The molecule has 0 atom stereocenters. The van der Waals surface area contributed by atoms with Gasteiger partial charge < -0.3 is 22.8 Å². The average Bonchev–Trinajstić information content (AvgIpc) is 2.43. The summed E-state index contributed by atoms with van der Waals surface area (Å²) in [6.45, 7) is 1.82. The number of amides is 1. The summed E-state index contributed by atoms with van der Waals surface area (Å²) in [5.74, 6) is -0.465. The molecule has 21 heavy (non-hydrogen) atoms. The smallest absolute Gasteiger partial charge is 0.290 e. The van der Waals surface area contributed by atoms with Gasteiger partial charge in [0.05, 0.1) is 10.7 Å². The molecule has 7 heteroatoms. The topological polar surface area (TPSA) is 53.2 Å². The zero-order valence-corrected chi connectivity index (χ0v) is 13.4. The van der Waals surface area contributed by atoms with Crippen molar-refractivity contribution in [2.75, 3.05) is 5.32 Å². The summed E-state index contributed by atoms with van der Waals surface area (Å²) in [6.07, 6.45) is 3.54. The second kappa shape index (κ2) is 7.50. The number of phenolic OH excluding ortho intramolecular Hbond substituents is 1. The number of aromatic hydroxyl groups is 1. The third kappa shape index (κ3) is 4.24. The van der Waals surface area contributed by atoms with E-state index in [1.165, 1.54) is 6.07 Å². The van der Waals surface area contributed by atoms with Gasteiger partial charge >= 0.3 is 0 Å². The maximum atomic E-state index is 11.9. The van der Waals surface area contributed by atoms with Crippen LogP contribution in [0.5, 0.6) is 5.75 Å². The molecule has 2 rings (SSSR count). The first-order chi connectivity index (χ1) is 9.49. The van der Waals surface area contributed by atoms with Crippen molar-refractivity contribution in [1.29, 1.82) is 0 Å². The summed E-state index contributed by atoms with van der Waals surface area (Å²) in [6, 6.07) is 6.99. The van der Waals surface area contributed by atoms with Crippen LogP contribution in [0.1, 0.15) is 5.56 Å². The lowest BCUT2D eigenvalue weighted by atomic mass is 10.2. The minimum atomic E-state index is -0.285. The van der Waals surface area contributed by atoms with Crippen LogP contribution >= 0.6 is 23.2 Å².